The number of benzene rings is 1. The topological polar surface area (TPSA) is 41.1 Å². The van der Waals surface area contributed by atoms with Gasteiger partial charge in [0.1, 0.15) is 0 Å². The molecule has 0 spiro atoms. The number of nitrogens with one attached hydrogen (secondary N) is 2. The molecule has 0 radical (unpaired) electrons. The maximum Gasteiger partial charge on any atom is 0.225 e. The largest absolute Gasteiger partial charge is 0.384 e. The van der Waals surface area contributed by atoms with E-state index >= 15 is 0 Å². The maximum atomic E-state index is 12.3. The molecule has 0 saturated heterocycles. The van der Waals surface area contributed by atoms with Crippen LogP contribution in [0.3, 0.4) is 0 Å². The minimum atomic E-state index is 0.0476. The van der Waals surface area contributed by atoms with Gasteiger partial charge in [-0.05, 0) is 43.7 Å². The molecule has 110 valence electrons. The number of para-hydroxylation sites is 1. The Bertz CT molecular complexity index is 456. The Morgan fingerprint density at radius 2 is 2.05 bits per heavy atom. The van der Waals surface area contributed by atoms with Gasteiger partial charge in [0.25, 0.3) is 0 Å². The van der Waals surface area contributed by atoms with E-state index in [1.165, 1.54) is 11.3 Å². The van der Waals surface area contributed by atoms with Crippen molar-refractivity contribution in [2.24, 2.45) is 11.8 Å². The summed E-state index contributed by atoms with van der Waals surface area (Å²) in [5.74, 6) is 0.923. The van der Waals surface area contributed by atoms with Gasteiger partial charge in [0.05, 0.1) is 5.92 Å². The van der Waals surface area contributed by atoms with Crippen molar-refractivity contribution in [3.8, 4) is 0 Å². The van der Waals surface area contributed by atoms with Gasteiger partial charge in [0.15, 0.2) is 0 Å². The Labute approximate surface area is 122 Å². The minimum Gasteiger partial charge on any atom is -0.384 e. The zero-order valence-corrected chi connectivity index (χ0v) is 12.8. The van der Waals surface area contributed by atoms with E-state index in [1.807, 2.05) is 12.1 Å². The molecule has 1 aromatic carbocycles. The third-order valence-corrected chi connectivity index (χ3v) is 3.96. The second-order valence-electron chi connectivity index (χ2n) is 6.32. The molecule has 0 aromatic heterocycles. The van der Waals surface area contributed by atoms with Crippen LogP contribution in [-0.2, 0) is 11.2 Å². The molecular formula is C17H26N2O. The van der Waals surface area contributed by atoms with E-state index in [-0.39, 0.29) is 17.9 Å². The first-order valence-corrected chi connectivity index (χ1v) is 7.68. The minimum absolute atomic E-state index is 0.0476. The van der Waals surface area contributed by atoms with Crippen molar-refractivity contribution >= 4 is 11.6 Å². The molecule has 2 atom stereocenters. The lowest BCUT2D eigenvalue weighted by Gasteiger charge is -2.26. The van der Waals surface area contributed by atoms with Crippen LogP contribution in [0.15, 0.2) is 24.3 Å². The van der Waals surface area contributed by atoms with E-state index in [0.29, 0.717) is 5.92 Å². The fourth-order valence-corrected chi connectivity index (χ4v) is 2.64. The zero-order chi connectivity index (χ0) is 14.5. The molecule has 0 saturated carbocycles. The van der Waals surface area contributed by atoms with Crippen molar-refractivity contribution in [3.05, 3.63) is 29.8 Å². The smallest absolute Gasteiger partial charge is 0.225 e. The van der Waals surface area contributed by atoms with Gasteiger partial charge in [-0.15, -0.1) is 0 Å². The van der Waals surface area contributed by atoms with Gasteiger partial charge >= 0.3 is 0 Å². The van der Waals surface area contributed by atoms with Gasteiger partial charge in [-0.25, -0.2) is 0 Å². The highest BCUT2D eigenvalue weighted by Gasteiger charge is 2.24. The molecule has 2 unspecified atom stereocenters. The molecule has 1 aromatic rings. The summed E-state index contributed by atoms with van der Waals surface area (Å²) in [4.78, 5) is 12.3. The Morgan fingerprint density at radius 1 is 1.30 bits per heavy atom. The van der Waals surface area contributed by atoms with Crippen LogP contribution in [0.4, 0.5) is 5.69 Å². The molecule has 1 heterocycles. The SMILES string of the molecule is CC(C)CCC(C)NC(=O)C1CNc2ccccc2C1. The van der Waals surface area contributed by atoms with Gasteiger partial charge in [-0.1, -0.05) is 32.0 Å². The van der Waals surface area contributed by atoms with Crippen LogP contribution in [-0.4, -0.2) is 18.5 Å². The van der Waals surface area contributed by atoms with Crippen LogP contribution in [0.2, 0.25) is 0 Å². The summed E-state index contributed by atoms with van der Waals surface area (Å²) in [5, 5.41) is 6.51. The third-order valence-electron chi connectivity index (χ3n) is 3.96. The average molecular weight is 274 g/mol. The number of amides is 1. The monoisotopic (exact) mass is 274 g/mol. The van der Waals surface area contributed by atoms with Gasteiger partial charge < -0.3 is 10.6 Å². The van der Waals surface area contributed by atoms with Crippen molar-refractivity contribution in [1.82, 2.24) is 5.32 Å². The fourth-order valence-electron chi connectivity index (χ4n) is 2.64. The molecule has 0 fully saturated rings. The van der Waals surface area contributed by atoms with E-state index in [1.54, 1.807) is 0 Å². The number of hydrogen-bond acceptors (Lipinski definition) is 2. The van der Waals surface area contributed by atoms with Crippen molar-refractivity contribution in [2.45, 2.75) is 46.1 Å². The number of hydrogen-bond donors (Lipinski definition) is 2. The van der Waals surface area contributed by atoms with Crippen molar-refractivity contribution < 1.29 is 4.79 Å². The van der Waals surface area contributed by atoms with Crippen LogP contribution in [0.5, 0.6) is 0 Å². The number of anilines is 1. The lowest BCUT2D eigenvalue weighted by molar-refractivity contribution is -0.125. The van der Waals surface area contributed by atoms with E-state index in [4.69, 9.17) is 0 Å². The lowest BCUT2D eigenvalue weighted by Crippen LogP contribution is -2.42. The first-order valence-electron chi connectivity index (χ1n) is 7.68. The van der Waals surface area contributed by atoms with Gasteiger partial charge in [0, 0.05) is 18.3 Å². The first kappa shape index (κ1) is 14.9. The number of carbonyl (C=O) groups excluding carboxylic acids is 1. The van der Waals surface area contributed by atoms with Gasteiger partial charge in [-0.2, -0.15) is 0 Å². The molecule has 20 heavy (non-hydrogen) atoms. The van der Waals surface area contributed by atoms with Gasteiger partial charge in [-0.3, -0.25) is 4.79 Å². The second-order valence-corrected chi connectivity index (χ2v) is 6.32. The fraction of sp³-hybridized carbons (Fsp3) is 0.588. The summed E-state index contributed by atoms with van der Waals surface area (Å²) in [6.07, 6.45) is 3.05. The summed E-state index contributed by atoms with van der Waals surface area (Å²) in [6.45, 7) is 7.28. The quantitative estimate of drug-likeness (QED) is 0.865. The zero-order valence-electron chi connectivity index (χ0n) is 12.8. The Kier molecular flexibility index (Phi) is 5.05. The van der Waals surface area contributed by atoms with Gasteiger partial charge in [0.2, 0.25) is 5.91 Å². The van der Waals surface area contributed by atoms with E-state index < -0.39 is 0 Å². The molecule has 0 aliphatic carbocycles. The Balaban J connectivity index is 1.85. The van der Waals surface area contributed by atoms with Crippen LogP contribution >= 0.6 is 0 Å². The molecule has 0 bridgehead atoms. The van der Waals surface area contributed by atoms with Crippen molar-refractivity contribution in [3.63, 3.8) is 0 Å². The Hall–Kier alpha value is -1.51. The second kappa shape index (κ2) is 6.78. The number of carbonyl (C=O) groups is 1. The molecule has 1 amide bonds. The van der Waals surface area contributed by atoms with Crippen LogP contribution in [0.25, 0.3) is 0 Å². The van der Waals surface area contributed by atoms with Crippen molar-refractivity contribution in [2.75, 3.05) is 11.9 Å². The molecule has 1 aliphatic rings. The molecule has 2 N–H and O–H groups in total. The molecule has 1 aliphatic heterocycles. The molecular weight excluding hydrogens is 248 g/mol. The molecule has 2 rings (SSSR count). The standard InChI is InChI=1S/C17H26N2O/c1-12(2)8-9-13(3)19-17(20)15-10-14-6-4-5-7-16(14)18-11-15/h4-7,12-13,15,18H,8-11H2,1-3H3,(H,19,20). The third kappa shape index (κ3) is 3.99. The van der Waals surface area contributed by atoms with Crippen LogP contribution in [0.1, 0.15) is 39.2 Å². The predicted octanol–water partition coefficient (Wildman–Crippen LogP) is 3.21. The summed E-state index contributed by atoms with van der Waals surface area (Å²) in [7, 11) is 0. The predicted molar refractivity (Wildman–Crippen MR) is 83.8 cm³/mol. The number of rotatable bonds is 5. The number of fused-ring (bicyclic) bond motifs is 1. The first-order chi connectivity index (χ1) is 9.56. The summed E-state index contributed by atoms with van der Waals surface area (Å²) >= 11 is 0. The van der Waals surface area contributed by atoms with E-state index in [9.17, 15) is 4.79 Å². The van der Waals surface area contributed by atoms with Crippen LogP contribution in [0, 0.1) is 11.8 Å². The molecule has 3 nitrogen and oxygen atoms in total. The maximum absolute atomic E-state index is 12.3. The Morgan fingerprint density at radius 3 is 2.80 bits per heavy atom. The summed E-state index contributed by atoms with van der Waals surface area (Å²) in [6, 6.07) is 8.51. The highest BCUT2D eigenvalue weighted by Crippen LogP contribution is 2.24. The highest BCUT2D eigenvalue weighted by molar-refractivity contribution is 5.81. The summed E-state index contributed by atoms with van der Waals surface area (Å²) < 4.78 is 0. The lowest BCUT2D eigenvalue weighted by atomic mass is 9.93. The van der Waals surface area contributed by atoms with Crippen LogP contribution < -0.4 is 10.6 Å². The van der Waals surface area contributed by atoms with E-state index in [2.05, 4.69) is 43.5 Å². The average Bonchev–Trinajstić information content (AvgIpc) is 2.44. The normalized spacial score (nSPS) is 19.1. The highest BCUT2D eigenvalue weighted by atomic mass is 16.1. The summed E-state index contributed by atoms with van der Waals surface area (Å²) in [5.41, 5.74) is 2.41. The molecule has 3 heteroatoms. The van der Waals surface area contributed by atoms with E-state index in [0.717, 1.165) is 25.8 Å². The van der Waals surface area contributed by atoms with Crippen molar-refractivity contribution in [1.29, 1.82) is 0 Å².